The van der Waals surface area contributed by atoms with E-state index in [-0.39, 0.29) is 36.8 Å². The van der Waals surface area contributed by atoms with Crippen LogP contribution in [0, 0.1) is 11.6 Å². The molecule has 0 aliphatic carbocycles. The maximum atomic E-state index is 14.5. The number of imide groups is 1. The first-order chi connectivity index (χ1) is 15.3. The second kappa shape index (κ2) is 7.37. The number of benzene rings is 2. The number of aromatic nitrogens is 2. The van der Waals surface area contributed by atoms with E-state index in [0.29, 0.717) is 28.1 Å². The van der Waals surface area contributed by atoms with Gasteiger partial charge in [-0.3, -0.25) is 19.7 Å². The molecule has 2 aliphatic heterocycles. The van der Waals surface area contributed by atoms with Gasteiger partial charge >= 0.3 is 0 Å². The Labute approximate surface area is 181 Å². The highest BCUT2D eigenvalue weighted by atomic mass is 19.1. The number of carbonyl (C=O) groups is 3. The summed E-state index contributed by atoms with van der Waals surface area (Å²) in [5.41, 5.74) is 2.75. The summed E-state index contributed by atoms with van der Waals surface area (Å²) in [4.78, 5) is 42.4. The van der Waals surface area contributed by atoms with Gasteiger partial charge in [0.05, 0.1) is 17.7 Å². The Morgan fingerprint density at radius 2 is 1.88 bits per heavy atom. The Kier molecular flexibility index (Phi) is 4.61. The Morgan fingerprint density at radius 1 is 1.06 bits per heavy atom. The molecule has 1 saturated heterocycles. The van der Waals surface area contributed by atoms with Crippen LogP contribution in [0.5, 0.6) is 0 Å². The molecule has 0 spiro atoms. The predicted octanol–water partition coefficient (Wildman–Crippen LogP) is 2.79. The number of carbonyl (C=O) groups excluding carboxylic acids is 3. The second-order valence-electron chi connectivity index (χ2n) is 7.95. The molecule has 7 nitrogen and oxygen atoms in total. The molecular weight excluding hydrogens is 418 g/mol. The fourth-order valence-corrected chi connectivity index (χ4v) is 4.36. The van der Waals surface area contributed by atoms with Gasteiger partial charge in [0, 0.05) is 36.7 Å². The van der Waals surface area contributed by atoms with Crippen LogP contribution in [0.2, 0.25) is 0 Å². The van der Waals surface area contributed by atoms with Gasteiger partial charge in [-0.25, -0.2) is 13.8 Å². The number of amides is 3. The summed E-state index contributed by atoms with van der Waals surface area (Å²) < 4.78 is 29.9. The van der Waals surface area contributed by atoms with Crippen molar-refractivity contribution in [1.82, 2.24) is 19.8 Å². The summed E-state index contributed by atoms with van der Waals surface area (Å²) in [5, 5.41) is 2.28. The molecule has 1 N–H and O–H groups in total. The molecule has 1 unspecified atom stereocenters. The number of nitrogens with one attached hydrogen (secondary N) is 1. The number of imidazole rings is 1. The van der Waals surface area contributed by atoms with Crippen molar-refractivity contribution >= 4 is 17.7 Å². The van der Waals surface area contributed by atoms with Gasteiger partial charge < -0.3 is 9.47 Å². The molecule has 3 heterocycles. The molecule has 1 aromatic heterocycles. The number of nitrogens with zero attached hydrogens (tertiary/aromatic N) is 3. The van der Waals surface area contributed by atoms with Gasteiger partial charge in [-0.2, -0.15) is 0 Å². The first-order valence-corrected chi connectivity index (χ1v) is 10.1. The summed E-state index contributed by atoms with van der Waals surface area (Å²) >= 11 is 0. The van der Waals surface area contributed by atoms with Crippen LogP contribution in [0.25, 0.3) is 22.5 Å². The van der Waals surface area contributed by atoms with Crippen LogP contribution < -0.4 is 5.32 Å². The van der Waals surface area contributed by atoms with Gasteiger partial charge in [0.25, 0.3) is 5.91 Å². The predicted molar refractivity (Wildman–Crippen MR) is 110 cm³/mol. The van der Waals surface area contributed by atoms with Crippen molar-refractivity contribution in [3.05, 3.63) is 65.5 Å². The quantitative estimate of drug-likeness (QED) is 0.640. The van der Waals surface area contributed by atoms with E-state index in [0.717, 1.165) is 18.2 Å². The normalized spacial score (nSPS) is 18.2. The minimum absolute atomic E-state index is 0.0849. The molecule has 0 radical (unpaired) electrons. The fourth-order valence-electron chi connectivity index (χ4n) is 4.36. The summed E-state index contributed by atoms with van der Waals surface area (Å²) in [7, 11) is 1.69. The lowest BCUT2D eigenvalue weighted by Crippen LogP contribution is -2.52. The molecule has 2 aromatic carbocycles. The molecule has 162 valence electrons. The van der Waals surface area contributed by atoms with Gasteiger partial charge in [0.1, 0.15) is 17.7 Å². The Hall–Kier alpha value is -3.88. The van der Waals surface area contributed by atoms with Crippen molar-refractivity contribution < 1.29 is 23.2 Å². The number of piperidine rings is 1. The van der Waals surface area contributed by atoms with Crippen LogP contribution in [0.15, 0.2) is 42.7 Å². The number of halogens is 2. The number of rotatable bonds is 3. The zero-order chi connectivity index (χ0) is 22.6. The summed E-state index contributed by atoms with van der Waals surface area (Å²) in [6.45, 7) is 0.213. The zero-order valence-corrected chi connectivity index (χ0v) is 17.1. The van der Waals surface area contributed by atoms with Crippen LogP contribution >= 0.6 is 0 Å². The Morgan fingerprint density at radius 3 is 2.66 bits per heavy atom. The molecular formula is C23H18F2N4O3. The third-order valence-electron chi connectivity index (χ3n) is 5.92. The summed E-state index contributed by atoms with van der Waals surface area (Å²) in [5.74, 6) is -2.23. The van der Waals surface area contributed by atoms with Crippen LogP contribution in [0.4, 0.5) is 8.78 Å². The average molecular weight is 436 g/mol. The van der Waals surface area contributed by atoms with Crippen molar-refractivity contribution in [2.24, 2.45) is 7.05 Å². The molecule has 2 aliphatic rings. The van der Waals surface area contributed by atoms with Crippen molar-refractivity contribution in [1.29, 1.82) is 0 Å². The Balaban J connectivity index is 1.52. The van der Waals surface area contributed by atoms with E-state index in [4.69, 9.17) is 0 Å². The maximum absolute atomic E-state index is 14.5. The van der Waals surface area contributed by atoms with E-state index < -0.39 is 23.6 Å². The van der Waals surface area contributed by atoms with Gasteiger partial charge in [0.15, 0.2) is 0 Å². The maximum Gasteiger partial charge on any atom is 0.255 e. The number of aryl methyl sites for hydroxylation is 1. The van der Waals surface area contributed by atoms with Crippen LogP contribution in [0.3, 0.4) is 0 Å². The molecule has 0 saturated carbocycles. The number of hydrogen-bond donors (Lipinski definition) is 1. The van der Waals surface area contributed by atoms with E-state index >= 15 is 0 Å². The minimum atomic E-state index is -0.706. The fraction of sp³-hybridized carbons (Fsp3) is 0.217. The number of hydrogen-bond acceptors (Lipinski definition) is 4. The molecule has 1 atom stereocenters. The molecule has 5 rings (SSSR count). The third-order valence-corrected chi connectivity index (χ3v) is 5.92. The van der Waals surface area contributed by atoms with Crippen LogP contribution in [0.1, 0.15) is 28.8 Å². The van der Waals surface area contributed by atoms with Crippen LogP contribution in [-0.4, -0.2) is 38.2 Å². The molecule has 3 aromatic rings. The first kappa shape index (κ1) is 20.0. The second-order valence-corrected chi connectivity index (χ2v) is 7.95. The lowest BCUT2D eigenvalue weighted by molar-refractivity contribution is -0.136. The first-order valence-electron chi connectivity index (χ1n) is 10.1. The molecule has 1 fully saturated rings. The topological polar surface area (TPSA) is 84.3 Å². The van der Waals surface area contributed by atoms with E-state index in [1.165, 1.54) is 11.2 Å². The lowest BCUT2D eigenvalue weighted by atomic mass is 10.0. The third kappa shape index (κ3) is 3.17. The highest BCUT2D eigenvalue weighted by Crippen LogP contribution is 2.36. The lowest BCUT2D eigenvalue weighted by Gasteiger charge is -2.29. The van der Waals surface area contributed by atoms with Gasteiger partial charge in [-0.15, -0.1) is 0 Å². The molecule has 9 heteroatoms. The molecule has 3 amide bonds. The molecule has 0 bridgehead atoms. The summed E-state index contributed by atoms with van der Waals surface area (Å²) in [6, 6.07) is 7.68. The van der Waals surface area contributed by atoms with Crippen molar-refractivity contribution in [2.45, 2.75) is 25.4 Å². The smallest absolute Gasteiger partial charge is 0.255 e. The zero-order valence-electron chi connectivity index (χ0n) is 17.1. The van der Waals surface area contributed by atoms with Crippen molar-refractivity contribution in [3.8, 4) is 22.5 Å². The van der Waals surface area contributed by atoms with Gasteiger partial charge in [0.2, 0.25) is 11.8 Å². The molecule has 32 heavy (non-hydrogen) atoms. The average Bonchev–Trinajstić information content (AvgIpc) is 3.29. The van der Waals surface area contributed by atoms with Gasteiger partial charge in [-0.1, -0.05) is 6.07 Å². The van der Waals surface area contributed by atoms with E-state index in [9.17, 15) is 23.2 Å². The SMILES string of the molecule is Cn1cnc(-c2ccc3c(c2)CN(C2CCC(=O)NC2=O)C3=O)c1-c1cc(F)ccc1F. The van der Waals surface area contributed by atoms with Gasteiger partial charge in [-0.05, 0) is 42.3 Å². The van der Waals surface area contributed by atoms with Crippen molar-refractivity contribution in [3.63, 3.8) is 0 Å². The highest BCUT2D eigenvalue weighted by molar-refractivity contribution is 6.05. The van der Waals surface area contributed by atoms with Crippen molar-refractivity contribution in [2.75, 3.05) is 0 Å². The highest BCUT2D eigenvalue weighted by Gasteiger charge is 2.39. The standard InChI is InChI=1S/C23H18F2N4O3/c1-28-11-26-20(21(28)16-9-14(24)3-5-17(16)25)12-2-4-15-13(8-12)10-29(23(15)32)18-6-7-19(30)27-22(18)31/h2-5,8-9,11,18H,6-7,10H2,1H3,(H,27,30,31). The number of fused-ring (bicyclic) bond motifs is 1. The van der Waals surface area contributed by atoms with E-state index in [1.807, 2.05) is 0 Å². The summed E-state index contributed by atoms with van der Waals surface area (Å²) in [6.07, 6.45) is 1.97. The monoisotopic (exact) mass is 436 g/mol. The minimum Gasteiger partial charge on any atom is -0.333 e. The largest absolute Gasteiger partial charge is 0.333 e. The Bertz CT molecular complexity index is 1300. The van der Waals surface area contributed by atoms with E-state index in [2.05, 4.69) is 10.3 Å². The van der Waals surface area contributed by atoms with Crippen LogP contribution in [-0.2, 0) is 23.2 Å². The van der Waals surface area contributed by atoms with E-state index in [1.54, 1.807) is 29.8 Å².